The van der Waals surface area contributed by atoms with Crippen molar-refractivity contribution in [2.45, 2.75) is 101 Å². The van der Waals surface area contributed by atoms with Crippen molar-refractivity contribution in [1.29, 1.82) is 0 Å². The molecule has 2 aromatic carbocycles. The molecule has 79 heavy (non-hydrogen) atoms. The van der Waals surface area contributed by atoms with Gasteiger partial charge in [0.2, 0.25) is 11.9 Å². The van der Waals surface area contributed by atoms with Gasteiger partial charge in [-0.2, -0.15) is 5.10 Å². The highest BCUT2D eigenvalue weighted by Crippen LogP contribution is 2.41. The Hall–Kier alpha value is -6.43. The number of fused-ring (bicyclic) bond motifs is 2. The van der Waals surface area contributed by atoms with Gasteiger partial charge in [0.05, 0.1) is 53.8 Å². The van der Waals surface area contributed by atoms with Gasteiger partial charge in [0, 0.05) is 118 Å². The molecule has 3 atom stereocenters. The SMILES string of the molecule is Cc1[nH]nc(Nc2ncnc3cc(OCCCN4CCN(c5ncc(OC[C@H]6CN(C[C@H]7CN[C@H](C)CN7CC(=O)N7CC(C)(C)c8ncc(Cc9ccc(F)cc9)cc87)CCO6)cn5)CC4)c(S(=O)(=O)C(C)(C)C)cc23)c1C. The molecular formula is C57H75FN14O6S. The van der Waals surface area contributed by atoms with Crippen molar-refractivity contribution < 1.29 is 31.8 Å². The van der Waals surface area contributed by atoms with Gasteiger partial charge >= 0.3 is 0 Å². The number of carbonyl (C=O) groups excluding carboxylic acids is 1. The molecule has 0 unspecified atom stereocenters. The molecule has 4 aliphatic rings. The summed E-state index contributed by atoms with van der Waals surface area (Å²) in [7, 11) is -3.81. The highest BCUT2D eigenvalue weighted by Gasteiger charge is 2.41. The van der Waals surface area contributed by atoms with Crippen LogP contribution in [0.3, 0.4) is 0 Å². The highest BCUT2D eigenvalue weighted by molar-refractivity contribution is 7.92. The molecule has 10 rings (SSSR count). The first-order chi connectivity index (χ1) is 37.8. The minimum absolute atomic E-state index is 0.0670. The van der Waals surface area contributed by atoms with Gasteiger partial charge < -0.3 is 34.6 Å². The second-order valence-corrected chi connectivity index (χ2v) is 25.9. The third kappa shape index (κ3) is 12.8. The normalized spacial score (nSPS) is 20.4. The monoisotopic (exact) mass is 1100 g/mol. The zero-order valence-corrected chi connectivity index (χ0v) is 47.6. The lowest BCUT2D eigenvalue weighted by atomic mass is 9.91. The summed E-state index contributed by atoms with van der Waals surface area (Å²) in [4.78, 5) is 48.8. The van der Waals surface area contributed by atoms with Crippen LogP contribution in [0.2, 0.25) is 0 Å². The maximum atomic E-state index is 14.3. The smallest absolute Gasteiger partial charge is 0.241 e. The number of carbonyl (C=O) groups is 1. The van der Waals surface area contributed by atoms with E-state index in [1.165, 1.54) is 18.5 Å². The van der Waals surface area contributed by atoms with E-state index in [1.54, 1.807) is 57.4 Å². The van der Waals surface area contributed by atoms with Crippen molar-refractivity contribution >= 4 is 49.9 Å². The Bertz CT molecular complexity index is 3220. The molecule has 22 heteroatoms. The van der Waals surface area contributed by atoms with Crippen LogP contribution in [-0.4, -0.2) is 185 Å². The van der Waals surface area contributed by atoms with Gasteiger partial charge in [-0.3, -0.25) is 29.6 Å². The van der Waals surface area contributed by atoms with Crippen LogP contribution in [-0.2, 0) is 31.2 Å². The predicted octanol–water partition coefficient (Wildman–Crippen LogP) is 5.86. The summed E-state index contributed by atoms with van der Waals surface area (Å²) >= 11 is 0. The number of hydrogen-bond donors (Lipinski definition) is 3. The Morgan fingerprint density at radius 2 is 1.68 bits per heavy atom. The second kappa shape index (κ2) is 23.3. The van der Waals surface area contributed by atoms with Gasteiger partial charge in [0.15, 0.2) is 21.4 Å². The van der Waals surface area contributed by atoms with E-state index in [1.807, 2.05) is 24.9 Å². The van der Waals surface area contributed by atoms with Gasteiger partial charge in [0.25, 0.3) is 0 Å². The maximum Gasteiger partial charge on any atom is 0.241 e. The zero-order chi connectivity index (χ0) is 55.6. The van der Waals surface area contributed by atoms with E-state index in [-0.39, 0.29) is 46.0 Å². The summed E-state index contributed by atoms with van der Waals surface area (Å²) in [6, 6.07) is 12.3. The lowest BCUT2D eigenvalue weighted by Gasteiger charge is -2.43. The number of H-pyrrole nitrogens is 1. The number of sulfone groups is 1. The fraction of sp³-hybridized carbons (Fsp3) is 0.526. The number of pyridine rings is 1. The number of piperazine rings is 2. The average Bonchev–Trinajstić information content (AvgIpc) is 4.16. The number of benzene rings is 2. The van der Waals surface area contributed by atoms with Crippen LogP contribution in [0.4, 0.5) is 27.7 Å². The molecular weight excluding hydrogens is 1030 g/mol. The lowest BCUT2D eigenvalue weighted by Crippen LogP contribution is -2.61. The Morgan fingerprint density at radius 3 is 2.42 bits per heavy atom. The molecule has 0 bridgehead atoms. The molecule has 3 fully saturated rings. The summed E-state index contributed by atoms with van der Waals surface area (Å²) in [5.41, 5.74) is 5.89. The molecule has 0 aliphatic carbocycles. The predicted molar refractivity (Wildman–Crippen MR) is 302 cm³/mol. The van der Waals surface area contributed by atoms with Gasteiger partial charge in [0.1, 0.15) is 41.3 Å². The molecule has 8 heterocycles. The Morgan fingerprint density at radius 1 is 0.911 bits per heavy atom. The lowest BCUT2D eigenvalue weighted by molar-refractivity contribution is -0.121. The van der Waals surface area contributed by atoms with E-state index in [4.69, 9.17) is 19.2 Å². The van der Waals surface area contributed by atoms with E-state index in [9.17, 15) is 17.6 Å². The summed E-state index contributed by atoms with van der Waals surface area (Å²) in [5.74, 6) is 2.36. The van der Waals surface area contributed by atoms with Gasteiger partial charge in [-0.25, -0.2) is 32.7 Å². The van der Waals surface area contributed by atoms with Crippen LogP contribution < -0.4 is 29.9 Å². The number of nitrogens with zero attached hydrogens (tertiary/aromatic N) is 11. The number of rotatable bonds is 18. The molecule has 1 amide bonds. The minimum atomic E-state index is -3.81. The summed E-state index contributed by atoms with van der Waals surface area (Å²) in [6.07, 6.45) is 7.93. The van der Waals surface area contributed by atoms with Crippen LogP contribution in [0.1, 0.15) is 76.0 Å². The first kappa shape index (κ1) is 55.9. The van der Waals surface area contributed by atoms with Crippen molar-refractivity contribution in [3.63, 3.8) is 0 Å². The maximum absolute atomic E-state index is 14.3. The first-order valence-corrected chi connectivity index (χ1v) is 29.0. The van der Waals surface area contributed by atoms with E-state index in [0.717, 1.165) is 92.7 Å². The number of aromatic amines is 1. The molecule has 4 aliphatic heterocycles. The van der Waals surface area contributed by atoms with Crippen LogP contribution in [0.25, 0.3) is 10.9 Å². The van der Waals surface area contributed by atoms with E-state index >= 15 is 0 Å². The van der Waals surface area contributed by atoms with Gasteiger partial charge in [-0.05, 0) is 89.8 Å². The fourth-order valence-electron chi connectivity index (χ4n) is 10.9. The number of anilines is 4. The van der Waals surface area contributed by atoms with Crippen LogP contribution in [0.5, 0.6) is 11.5 Å². The van der Waals surface area contributed by atoms with Gasteiger partial charge in [-0.1, -0.05) is 26.0 Å². The second-order valence-electron chi connectivity index (χ2n) is 23.2. The number of amides is 1. The van der Waals surface area contributed by atoms with Crippen molar-refractivity contribution in [2.24, 2.45) is 0 Å². The molecule has 0 radical (unpaired) electrons. The number of hydrogen-bond acceptors (Lipinski definition) is 18. The van der Waals surface area contributed by atoms with Crippen molar-refractivity contribution in [3.8, 4) is 11.5 Å². The highest BCUT2D eigenvalue weighted by atomic mass is 32.2. The topological polar surface area (TPSA) is 212 Å². The summed E-state index contributed by atoms with van der Waals surface area (Å²) < 4.78 is 59.2. The number of morpholine rings is 1. The molecule has 3 saturated heterocycles. The van der Waals surface area contributed by atoms with Crippen LogP contribution >= 0.6 is 0 Å². The van der Waals surface area contributed by atoms with E-state index in [0.29, 0.717) is 86.5 Å². The Balaban J connectivity index is 0.678. The standard InChI is InChI=1S/C57H75FN14O6S/c1-37-30-71(33-51(73)72-35-57(7,8)52-48(72)23-41(26-60-52)22-40-10-12-42(58)13-11-40)43(27-59-37)31-69-19-21-76-45(32-69)34-78-44-28-61-55(62-29-44)70-17-15-68(16-18-70)14-9-20-77-49-25-47-46(24-50(49)79(74,75)56(4,5)6)54(64-36-63-47)65-53-38(2)39(3)66-67-53/h10-13,23-26,28-29,36-37,43,45,59H,9,14-22,27,30-35H2,1-8H3,(H2,63,64,65,66,67)/t37-,43-,45-/m1/s1. The third-order valence-corrected chi connectivity index (χ3v) is 18.2. The largest absolute Gasteiger partial charge is 0.492 e. The van der Waals surface area contributed by atoms with Crippen molar-refractivity contribution in [3.05, 3.63) is 101 Å². The Kier molecular flexibility index (Phi) is 16.5. The molecule has 0 spiro atoms. The molecule has 0 saturated carbocycles. The fourth-order valence-corrected chi connectivity index (χ4v) is 12.2. The zero-order valence-electron chi connectivity index (χ0n) is 46.8. The molecule has 3 N–H and O–H groups in total. The number of aromatic nitrogens is 7. The van der Waals surface area contributed by atoms with Crippen LogP contribution in [0, 0.1) is 19.7 Å². The first-order valence-electron chi connectivity index (χ1n) is 27.5. The number of nitrogens with one attached hydrogen (secondary N) is 3. The average molecular weight is 1100 g/mol. The van der Waals surface area contributed by atoms with Crippen molar-refractivity contribution in [1.82, 2.24) is 55.1 Å². The Labute approximate surface area is 462 Å². The number of aryl methyl sites for hydroxylation is 1. The molecule has 6 aromatic rings. The molecule has 20 nitrogen and oxygen atoms in total. The van der Waals surface area contributed by atoms with E-state index in [2.05, 4.69) is 87.2 Å². The summed E-state index contributed by atoms with van der Waals surface area (Å²) in [5, 5.41) is 14.8. The van der Waals surface area contributed by atoms with E-state index < -0.39 is 14.6 Å². The number of halogens is 1. The third-order valence-electron chi connectivity index (χ3n) is 15.7. The molecule has 4 aromatic heterocycles. The van der Waals surface area contributed by atoms with Gasteiger partial charge in [-0.15, -0.1) is 0 Å². The number of ether oxygens (including phenoxy) is 3. The van der Waals surface area contributed by atoms with Crippen molar-refractivity contribution in [2.75, 3.05) is 113 Å². The summed E-state index contributed by atoms with van der Waals surface area (Å²) in [6.45, 7) is 25.2. The van der Waals surface area contributed by atoms with Crippen LogP contribution in [0.15, 0.2) is 72.3 Å². The molecule has 422 valence electrons. The quantitative estimate of drug-likeness (QED) is 0.0861. The minimum Gasteiger partial charge on any atom is -0.492 e.